The Morgan fingerprint density at radius 1 is 1.06 bits per heavy atom. The largest absolute Gasteiger partial charge is 0.507 e. The number of ether oxygens (including phenoxy) is 1. The van der Waals surface area contributed by atoms with Gasteiger partial charge in [-0.1, -0.05) is 18.2 Å². The predicted octanol–water partition coefficient (Wildman–Crippen LogP) is 2.58. The number of amides is 1. The average Bonchev–Trinajstić information content (AvgIpc) is 2.80. The van der Waals surface area contributed by atoms with Crippen molar-refractivity contribution in [3.8, 4) is 17.2 Å². The molecule has 5 N–H and O–H groups in total. The van der Waals surface area contributed by atoms with E-state index in [1.165, 1.54) is 6.07 Å². The van der Waals surface area contributed by atoms with Crippen molar-refractivity contribution < 1.29 is 19.1 Å². The van der Waals surface area contributed by atoms with Gasteiger partial charge in [-0.25, -0.2) is 4.79 Å². The van der Waals surface area contributed by atoms with Crippen molar-refractivity contribution in [1.82, 2.24) is 16.0 Å². The molecule has 9 nitrogen and oxygen atoms in total. The van der Waals surface area contributed by atoms with Gasteiger partial charge in [0.15, 0.2) is 6.29 Å². The van der Waals surface area contributed by atoms with Crippen LogP contribution in [0.1, 0.15) is 23.7 Å². The molecule has 1 amide bonds. The third kappa shape index (κ3) is 4.48. The summed E-state index contributed by atoms with van der Waals surface area (Å²) < 4.78 is 11.0. The molecule has 4 atom stereocenters. The zero-order valence-corrected chi connectivity index (χ0v) is 18.6. The van der Waals surface area contributed by atoms with E-state index in [0.717, 1.165) is 11.4 Å². The fraction of sp³-hybridized carbons (Fsp3) is 0.280. The number of hydrogen-bond donors (Lipinski definition) is 5. The van der Waals surface area contributed by atoms with E-state index in [1.807, 2.05) is 54.6 Å². The first-order valence-corrected chi connectivity index (χ1v) is 11.2. The van der Waals surface area contributed by atoms with Crippen LogP contribution in [-0.2, 0) is 4.79 Å². The van der Waals surface area contributed by atoms with Crippen molar-refractivity contribution >= 4 is 11.6 Å². The van der Waals surface area contributed by atoms with Crippen LogP contribution in [0, 0.1) is 12.8 Å². The molecule has 3 aromatic rings. The summed E-state index contributed by atoms with van der Waals surface area (Å²) in [5.74, 6) is 0.378. The molecule has 2 saturated heterocycles. The number of para-hydroxylation sites is 1. The van der Waals surface area contributed by atoms with Crippen LogP contribution in [0.15, 0.2) is 69.9 Å². The van der Waals surface area contributed by atoms with Crippen molar-refractivity contribution in [2.45, 2.75) is 31.7 Å². The maximum absolute atomic E-state index is 13.1. The Morgan fingerprint density at radius 3 is 2.53 bits per heavy atom. The number of piperidine rings is 1. The van der Waals surface area contributed by atoms with Crippen molar-refractivity contribution in [2.75, 3.05) is 11.9 Å². The topological polar surface area (TPSA) is 125 Å². The number of rotatable bonds is 5. The lowest BCUT2D eigenvalue weighted by molar-refractivity contribution is -0.131. The Kier molecular flexibility index (Phi) is 5.95. The lowest BCUT2D eigenvalue weighted by atomic mass is 9.78. The smallest absolute Gasteiger partial charge is 0.343 e. The highest BCUT2D eigenvalue weighted by molar-refractivity contribution is 5.82. The maximum atomic E-state index is 13.1. The van der Waals surface area contributed by atoms with Crippen molar-refractivity contribution in [3.63, 3.8) is 0 Å². The van der Waals surface area contributed by atoms with Gasteiger partial charge in [0.2, 0.25) is 5.91 Å². The minimum Gasteiger partial charge on any atom is -0.507 e. The highest BCUT2D eigenvalue weighted by atomic mass is 16.5. The van der Waals surface area contributed by atoms with Gasteiger partial charge in [0.05, 0.1) is 17.6 Å². The van der Waals surface area contributed by atoms with Crippen LogP contribution >= 0.6 is 0 Å². The normalized spacial score (nSPS) is 24.1. The fourth-order valence-electron chi connectivity index (χ4n) is 4.65. The molecular formula is C25H26N4O5. The SMILES string of the molecule is Cc1cc(O)c(C2CCNC3NC(Nc4ccc(Oc5ccccc5)cc4)NC(=O)C32)c(=O)o1. The number of carbonyl (C=O) groups is 1. The van der Waals surface area contributed by atoms with Crippen molar-refractivity contribution in [1.29, 1.82) is 0 Å². The highest BCUT2D eigenvalue weighted by Gasteiger charge is 2.45. The van der Waals surface area contributed by atoms with Gasteiger partial charge in [-0.3, -0.25) is 10.1 Å². The molecule has 0 radical (unpaired) electrons. The zero-order chi connectivity index (χ0) is 23.7. The molecule has 2 fully saturated rings. The van der Waals surface area contributed by atoms with Gasteiger partial charge < -0.3 is 30.2 Å². The molecule has 9 heteroatoms. The summed E-state index contributed by atoms with van der Waals surface area (Å²) in [6.07, 6.45) is -0.381. The molecule has 0 bridgehead atoms. The van der Waals surface area contributed by atoms with E-state index in [-0.39, 0.29) is 23.4 Å². The highest BCUT2D eigenvalue weighted by Crippen LogP contribution is 2.37. The van der Waals surface area contributed by atoms with Crippen LogP contribution in [0.2, 0.25) is 0 Å². The predicted molar refractivity (Wildman–Crippen MR) is 126 cm³/mol. The van der Waals surface area contributed by atoms with Crippen molar-refractivity contribution in [2.24, 2.45) is 5.92 Å². The van der Waals surface area contributed by atoms with E-state index in [4.69, 9.17) is 9.15 Å². The monoisotopic (exact) mass is 462 g/mol. The van der Waals surface area contributed by atoms with Gasteiger partial charge in [-0.05, 0) is 56.3 Å². The molecule has 0 aliphatic carbocycles. The van der Waals surface area contributed by atoms with Gasteiger partial charge in [-0.15, -0.1) is 0 Å². The summed E-state index contributed by atoms with van der Waals surface area (Å²) in [4.78, 5) is 25.6. The molecule has 4 unspecified atom stereocenters. The van der Waals surface area contributed by atoms with Crippen LogP contribution in [0.25, 0.3) is 0 Å². The molecule has 34 heavy (non-hydrogen) atoms. The van der Waals surface area contributed by atoms with Crippen molar-refractivity contribution in [3.05, 3.63) is 82.4 Å². The number of benzene rings is 2. The fourth-order valence-corrected chi connectivity index (χ4v) is 4.65. The van der Waals surface area contributed by atoms with E-state index in [2.05, 4.69) is 21.3 Å². The maximum Gasteiger partial charge on any atom is 0.343 e. The Morgan fingerprint density at radius 2 is 1.79 bits per heavy atom. The lowest BCUT2D eigenvalue weighted by Gasteiger charge is -2.44. The minimum absolute atomic E-state index is 0.134. The summed E-state index contributed by atoms with van der Waals surface area (Å²) >= 11 is 0. The number of carbonyl (C=O) groups excluding carboxylic acids is 1. The molecule has 0 spiro atoms. The number of fused-ring (bicyclic) bond motifs is 1. The molecule has 2 aromatic carbocycles. The van der Waals surface area contributed by atoms with E-state index in [1.54, 1.807) is 6.92 Å². The van der Waals surface area contributed by atoms with Gasteiger partial charge in [0.1, 0.15) is 23.0 Å². The number of aryl methyl sites for hydroxylation is 1. The van der Waals surface area contributed by atoms with Gasteiger partial charge >= 0.3 is 5.63 Å². The number of nitrogens with one attached hydrogen (secondary N) is 4. The third-order valence-corrected chi connectivity index (χ3v) is 6.15. The summed E-state index contributed by atoms with van der Waals surface area (Å²) in [6, 6.07) is 18.3. The molecule has 0 saturated carbocycles. The van der Waals surface area contributed by atoms with Crippen LogP contribution in [0.4, 0.5) is 5.69 Å². The zero-order valence-electron chi connectivity index (χ0n) is 18.6. The van der Waals surface area contributed by atoms with E-state index in [0.29, 0.717) is 24.5 Å². The van der Waals surface area contributed by atoms with E-state index < -0.39 is 23.8 Å². The van der Waals surface area contributed by atoms with Gasteiger partial charge in [0, 0.05) is 17.7 Å². The van der Waals surface area contributed by atoms with Gasteiger partial charge in [-0.2, -0.15) is 0 Å². The van der Waals surface area contributed by atoms with Crippen LogP contribution < -0.4 is 31.6 Å². The first kappa shape index (κ1) is 22.0. The Hall–Kier alpha value is -3.82. The Labute approximate surface area is 196 Å². The molecule has 2 aliphatic rings. The van der Waals surface area contributed by atoms with Gasteiger partial charge in [0.25, 0.3) is 0 Å². The second kappa shape index (κ2) is 9.20. The third-order valence-electron chi connectivity index (χ3n) is 6.15. The quantitative estimate of drug-likeness (QED) is 0.392. The second-order valence-corrected chi connectivity index (χ2v) is 8.49. The molecule has 1 aromatic heterocycles. The van der Waals surface area contributed by atoms with Crippen LogP contribution in [0.3, 0.4) is 0 Å². The first-order chi connectivity index (χ1) is 16.5. The summed E-state index contributed by atoms with van der Waals surface area (Å²) in [7, 11) is 0. The first-order valence-electron chi connectivity index (χ1n) is 11.2. The van der Waals surface area contributed by atoms with Crippen LogP contribution in [0.5, 0.6) is 17.2 Å². The standard InChI is InChI=1S/C25H26N4O5/c1-14-13-19(30)20(24(32)33-14)18-11-12-26-22-21(18)23(31)29-25(28-22)27-15-7-9-17(10-8-15)34-16-5-3-2-4-6-16/h2-10,13,18,21-22,25-28,30H,11-12H2,1H3,(H,29,31). The van der Waals surface area contributed by atoms with Crippen LogP contribution in [-0.4, -0.2) is 30.0 Å². The summed E-state index contributed by atoms with van der Waals surface area (Å²) in [6.45, 7) is 2.18. The molecular weight excluding hydrogens is 436 g/mol. The Balaban J connectivity index is 1.27. The Bertz CT molecular complexity index is 1230. The number of hydrogen-bond acceptors (Lipinski definition) is 8. The van der Waals surface area contributed by atoms with E-state index >= 15 is 0 Å². The minimum atomic E-state index is -0.603. The summed E-state index contributed by atoms with van der Waals surface area (Å²) in [5.41, 5.74) is 0.342. The second-order valence-electron chi connectivity index (χ2n) is 8.49. The lowest BCUT2D eigenvalue weighted by Crippen LogP contribution is -2.70. The summed E-state index contributed by atoms with van der Waals surface area (Å²) in [5, 5.41) is 23.2. The average molecular weight is 463 g/mol. The molecule has 176 valence electrons. The molecule has 5 rings (SSSR count). The molecule has 3 heterocycles. The number of aromatic hydroxyl groups is 1. The van der Waals surface area contributed by atoms with E-state index in [9.17, 15) is 14.7 Å². The molecule has 2 aliphatic heterocycles. The number of anilines is 1.